The maximum absolute atomic E-state index is 13.2. The fourth-order valence-corrected chi connectivity index (χ4v) is 5.94. The van der Waals surface area contributed by atoms with Crippen LogP contribution in [0, 0.1) is 5.92 Å². The predicted molar refractivity (Wildman–Crippen MR) is 151 cm³/mol. The summed E-state index contributed by atoms with van der Waals surface area (Å²) in [4.78, 5) is 15.6. The molecule has 0 radical (unpaired) electrons. The molecule has 15 heteroatoms. The number of halogens is 4. The molecule has 2 heterocycles. The van der Waals surface area contributed by atoms with Gasteiger partial charge in [-0.05, 0) is 42.5 Å². The van der Waals surface area contributed by atoms with Crippen LogP contribution >= 0.6 is 11.6 Å². The molecular formula is C26H29ClF3N7O3S. The Kier molecular flexibility index (Phi) is 9.34. The molecule has 0 bridgehead atoms. The Morgan fingerprint density at radius 3 is 2.27 bits per heavy atom. The first-order chi connectivity index (χ1) is 19.3. The van der Waals surface area contributed by atoms with Crippen molar-refractivity contribution in [3.63, 3.8) is 0 Å². The zero-order valence-electron chi connectivity index (χ0n) is 22.1. The Morgan fingerprint density at radius 2 is 1.68 bits per heavy atom. The van der Waals surface area contributed by atoms with E-state index in [1.807, 2.05) is 30.3 Å². The average Bonchev–Trinajstić information content (AvgIpc) is 2.92. The number of benzene rings is 2. The van der Waals surface area contributed by atoms with E-state index in [2.05, 4.69) is 14.7 Å². The van der Waals surface area contributed by atoms with Crippen LogP contribution in [0.4, 0.5) is 13.2 Å². The van der Waals surface area contributed by atoms with Crippen LogP contribution in [0.5, 0.6) is 0 Å². The lowest BCUT2D eigenvalue weighted by atomic mass is 9.86. The van der Waals surface area contributed by atoms with Gasteiger partial charge >= 0.3 is 16.4 Å². The molecule has 1 fully saturated rings. The number of alkyl halides is 3. The monoisotopic (exact) mass is 611 g/mol. The third-order valence-corrected chi connectivity index (χ3v) is 8.39. The average molecular weight is 612 g/mol. The Hall–Kier alpha value is -3.49. The quantitative estimate of drug-likeness (QED) is 0.400. The number of amides is 1. The first kappa shape index (κ1) is 30.5. The SMILES string of the molecule is CC(=O)N/C(N)=N/C(=N/S(=O)(=O)N1CCC(C(F)(F)F)CC1)N1CCC(c2ccccc2)C(c2ccc(Cl)cc2)=N1. The number of aliphatic imine (C=N–C) groups is 1. The topological polar surface area (TPSA) is 133 Å². The largest absolute Gasteiger partial charge is 0.391 e. The van der Waals surface area contributed by atoms with E-state index >= 15 is 0 Å². The lowest BCUT2D eigenvalue weighted by Gasteiger charge is -2.32. The second kappa shape index (κ2) is 12.6. The first-order valence-electron chi connectivity index (χ1n) is 12.8. The number of nitrogens with one attached hydrogen (secondary N) is 1. The van der Waals surface area contributed by atoms with Crippen molar-refractivity contribution in [3.05, 3.63) is 70.7 Å². The highest BCUT2D eigenvalue weighted by molar-refractivity contribution is 7.87. The number of hydrazone groups is 1. The van der Waals surface area contributed by atoms with Gasteiger partial charge in [-0.25, -0.2) is 5.01 Å². The van der Waals surface area contributed by atoms with Gasteiger partial charge in [0.1, 0.15) is 0 Å². The van der Waals surface area contributed by atoms with Crippen LogP contribution in [0.2, 0.25) is 5.02 Å². The normalized spacial score (nSPS) is 20.1. The van der Waals surface area contributed by atoms with E-state index in [0.29, 0.717) is 17.2 Å². The number of piperidine rings is 1. The van der Waals surface area contributed by atoms with Crippen LogP contribution in [-0.4, -0.2) is 67.1 Å². The molecule has 1 atom stereocenters. The standard InChI is InChI=1S/C26H29ClF3N7O3S/c1-17(38)32-24(31)33-25(35-41(39,40)36-14-11-20(12-15-36)26(28,29)30)37-16-13-22(18-5-3-2-4-6-18)23(34-37)19-7-9-21(27)10-8-19/h2-10,20,22H,11-16H2,1H3,(H3,31,32,33,35,38). The maximum Gasteiger partial charge on any atom is 0.391 e. The molecular weight excluding hydrogens is 583 g/mol. The van der Waals surface area contributed by atoms with Crippen molar-refractivity contribution in [3.8, 4) is 0 Å². The van der Waals surface area contributed by atoms with Gasteiger partial charge in [0.15, 0.2) is 0 Å². The van der Waals surface area contributed by atoms with Crippen molar-refractivity contribution in [1.29, 1.82) is 0 Å². The Balaban J connectivity index is 1.74. The van der Waals surface area contributed by atoms with Crippen molar-refractivity contribution in [2.45, 2.75) is 38.3 Å². The molecule has 2 aliphatic heterocycles. The van der Waals surface area contributed by atoms with E-state index in [9.17, 15) is 26.4 Å². The first-order valence-corrected chi connectivity index (χ1v) is 14.6. The summed E-state index contributed by atoms with van der Waals surface area (Å²) in [7, 11) is -4.48. The molecule has 1 unspecified atom stereocenters. The van der Waals surface area contributed by atoms with E-state index < -0.39 is 40.1 Å². The number of nitrogens with zero attached hydrogens (tertiary/aromatic N) is 5. The van der Waals surface area contributed by atoms with E-state index in [1.54, 1.807) is 24.3 Å². The smallest absolute Gasteiger partial charge is 0.369 e. The Morgan fingerprint density at radius 1 is 1.05 bits per heavy atom. The highest BCUT2D eigenvalue weighted by Crippen LogP contribution is 2.35. The maximum atomic E-state index is 13.2. The number of nitrogens with two attached hydrogens (primary N) is 1. The lowest BCUT2D eigenvalue weighted by molar-refractivity contribution is -0.182. The molecule has 0 aliphatic carbocycles. The van der Waals surface area contributed by atoms with Gasteiger partial charge in [-0.15, -0.1) is 4.40 Å². The van der Waals surface area contributed by atoms with Gasteiger partial charge in [0.2, 0.25) is 11.9 Å². The minimum atomic E-state index is -4.48. The Bertz CT molecular complexity index is 1440. The molecule has 4 rings (SSSR count). The molecule has 1 amide bonds. The van der Waals surface area contributed by atoms with Crippen LogP contribution < -0.4 is 11.1 Å². The number of carbonyl (C=O) groups excluding carboxylic acids is 1. The number of carbonyl (C=O) groups is 1. The second-order valence-corrected chi connectivity index (χ2v) is 11.7. The molecule has 3 N–H and O–H groups in total. The third kappa shape index (κ3) is 7.83. The minimum Gasteiger partial charge on any atom is -0.369 e. The number of hydrogen-bond acceptors (Lipinski definition) is 4. The predicted octanol–water partition coefficient (Wildman–Crippen LogP) is 3.86. The summed E-state index contributed by atoms with van der Waals surface area (Å²) < 4.78 is 70.6. The van der Waals surface area contributed by atoms with Gasteiger partial charge in [0.25, 0.3) is 5.96 Å². The number of guanidine groups is 2. The summed E-state index contributed by atoms with van der Waals surface area (Å²) in [5, 5.41) is 8.77. The third-order valence-electron chi connectivity index (χ3n) is 6.73. The van der Waals surface area contributed by atoms with Gasteiger partial charge in [0.05, 0.1) is 11.6 Å². The van der Waals surface area contributed by atoms with E-state index in [0.717, 1.165) is 15.4 Å². The van der Waals surface area contributed by atoms with E-state index in [-0.39, 0.29) is 38.4 Å². The van der Waals surface area contributed by atoms with Crippen molar-refractivity contribution in [2.24, 2.45) is 26.1 Å². The summed E-state index contributed by atoms with van der Waals surface area (Å²) in [6.45, 7) is 0.661. The van der Waals surface area contributed by atoms with Crippen LogP contribution in [0.25, 0.3) is 0 Å². The van der Waals surface area contributed by atoms with Gasteiger partial charge < -0.3 is 5.73 Å². The zero-order chi connectivity index (χ0) is 29.8. The van der Waals surface area contributed by atoms with E-state index in [1.165, 1.54) is 11.9 Å². The van der Waals surface area contributed by atoms with Gasteiger partial charge in [-0.3, -0.25) is 10.1 Å². The summed E-state index contributed by atoms with van der Waals surface area (Å²) in [6.07, 6.45) is -4.69. The van der Waals surface area contributed by atoms with Gasteiger partial charge in [-0.2, -0.15) is 36.0 Å². The molecule has 0 spiro atoms. The second-order valence-electron chi connectivity index (χ2n) is 9.63. The fraction of sp³-hybridized carbons (Fsp3) is 0.385. The molecule has 0 aromatic heterocycles. The zero-order valence-corrected chi connectivity index (χ0v) is 23.6. The Labute approximate surface area is 241 Å². The number of hydrogen-bond donors (Lipinski definition) is 2. The highest BCUT2D eigenvalue weighted by atomic mass is 35.5. The van der Waals surface area contributed by atoms with Crippen molar-refractivity contribution in [2.75, 3.05) is 19.6 Å². The summed E-state index contributed by atoms with van der Waals surface area (Å²) in [5.74, 6) is -3.16. The molecule has 10 nitrogen and oxygen atoms in total. The van der Waals surface area contributed by atoms with Crippen molar-refractivity contribution >= 4 is 45.3 Å². The molecule has 2 aliphatic rings. The molecule has 1 saturated heterocycles. The van der Waals surface area contributed by atoms with Crippen LogP contribution in [0.3, 0.4) is 0 Å². The van der Waals surface area contributed by atoms with Gasteiger partial charge in [-0.1, -0.05) is 54.1 Å². The molecule has 220 valence electrons. The van der Waals surface area contributed by atoms with Crippen LogP contribution in [-0.2, 0) is 15.0 Å². The summed E-state index contributed by atoms with van der Waals surface area (Å²) in [6, 6.07) is 16.6. The highest BCUT2D eigenvalue weighted by Gasteiger charge is 2.43. The molecule has 2 aromatic rings. The van der Waals surface area contributed by atoms with Crippen LogP contribution in [0.1, 0.15) is 43.2 Å². The van der Waals surface area contributed by atoms with Crippen LogP contribution in [0.15, 0.2) is 69.1 Å². The minimum absolute atomic E-state index is 0.162. The van der Waals surface area contributed by atoms with Crippen molar-refractivity contribution in [1.82, 2.24) is 14.6 Å². The molecule has 41 heavy (non-hydrogen) atoms. The number of rotatable bonds is 4. The lowest BCUT2D eigenvalue weighted by Crippen LogP contribution is -2.43. The summed E-state index contributed by atoms with van der Waals surface area (Å²) in [5.41, 5.74) is 8.14. The summed E-state index contributed by atoms with van der Waals surface area (Å²) >= 11 is 6.09. The molecule has 0 saturated carbocycles. The van der Waals surface area contributed by atoms with E-state index in [4.69, 9.17) is 22.4 Å². The van der Waals surface area contributed by atoms with Crippen molar-refractivity contribution < 1.29 is 26.4 Å². The molecule has 2 aromatic carbocycles. The fourth-order valence-electron chi connectivity index (χ4n) is 4.69. The van der Waals surface area contributed by atoms with Gasteiger partial charge in [0, 0.05) is 37.5 Å².